The number of para-hydroxylation sites is 2. The van der Waals surface area contributed by atoms with E-state index in [1.165, 1.54) is 11.8 Å². The van der Waals surface area contributed by atoms with Crippen molar-refractivity contribution >= 4 is 45.2 Å². The van der Waals surface area contributed by atoms with E-state index in [1.807, 2.05) is 24.3 Å². The number of fused-ring (bicyclic) bond motifs is 1. The lowest BCUT2D eigenvalue weighted by Gasteiger charge is -2.09. The maximum Gasteiger partial charge on any atom is 0.243 e. The fourth-order valence-corrected chi connectivity index (χ4v) is 3.03. The number of thioether (sulfide) groups is 1. The van der Waals surface area contributed by atoms with Gasteiger partial charge in [-0.05, 0) is 12.1 Å². The molecule has 1 aromatic heterocycles. The van der Waals surface area contributed by atoms with E-state index in [1.54, 1.807) is 0 Å². The van der Waals surface area contributed by atoms with Gasteiger partial charge in [0.25, 0.3) is 0 Å². The number of thiocarbonyl (C=S) groups is 1. The summed E-state index contributed by atoms with van der Waals surface area (Å²) in [7, 11) is 0. The number of carbonyl (C=O) groups is 1. The lowest BCUT2D eigenvalue weighted by atomic mass is 10.3. The second-order valence-electron chi connectivity index (χ2n) is 4.21. The van der Waals surface area contributed by atoms with Crippen LogP contribution in [0, 0.1) is 0 Å². The molecule has 1 aromatic carbocycles. The molecule has 7 heteroatoms. The van der Waals surface area contributed by atoms with E-state index < -0.39 is 0 Å². The Bertz CT molecular complexity index is 606. The molecule has 3 rings (SSSR count). The molecule has 98 valence electrons. The van der Waals surface area contributed by atoms with Crippen LogP contribution in [0.15, 0.2) is 24.3 Å². The first-order valence-electron chi connectivity index (χ1n) is 5.87. The van der Waals surface area contributed by atoms with Gasteiger partial charge in [-0.3, -0.25) is 4.79 Å². The molecule has 1 amide bonds. The minimum Gasteiger partial charge on any atom is -0.359 e. The zero-order valence-electron chi connectivity index (χ0n) is 9.97. The number of H-pyrrole nitrogens is 1. The van der Waals surface area contributed by atoms with Crippen LogP contribution in [0.4, 0.5) is 0 Å². The van der Waals surface area contributed by atoms with E-state index in [4.69, 9.17) is 12.2 Å². The van der Waals surface area contributed by atoms with Crippen molar-refractivity contribution in [3.63, 3.8) is 0 Å². The third-order valence-electron chi connectivity index (χ3n) is 2.86. The second-order valence-corrected chi connectivity index (χ2v) is 5.91. The van der Waals surface area contributed by atoms with Crippen LogP contribution in [0.3, 0.4) is 0 Å². The first kappa shape index (κ1) is 12.4. The van der Waals surface area contributed by atoms with Gasteiger partial charge in [0.1, 0.15) is 16.2 Å². The summed E-state index contributed by atoms with van der Waals surface area (Å²) in [4.78, 5) is 19.5. The third kappa shape index (κ3) is 2.71. The van der Waals surface area contributed by atoms with Crippen molar-refractivity contribution in [2.45, 2.75) is 12.6 Å². The van der Waals surface area contributed by atoms with Crippen LogP contribution in [-0.2, 0) is 11.3 Å². The van der Waals surface area contributed by atoms with Crippen LogP contribution < -0.4 is 10.6 Å². The van der Waals surface area contributed by atoms with Gasteiger partial charge >= 0.3 is 0 Å². The highest BCUT2D eigenvalue weighted by molar-refractivity contribution is 8.23. The highest BCUT2D eigenvalue weighted by Gasteiger charge is 2.25. The molecule has 2 aromatic rings. The number of hydrogen-bond acceptors (Lipinski definition) is 4. The number of aromatic amines is 1. The third-order valence-corrected chi connectivity index (χ3v) is 4.21. The average molecular weight is 292 g/mol. The molecule has 2 heterocycles. The van der Waals surface area contributed by atoms with Gasteiger partial charge in [-0.2, -0.15) is 0 Å². The quantitative estimate of drug-likeness (QED) is 0.741. The van der Waals surface area contributed by atoms with Crippen LogP contribution in [0.5, 0.6) is 0 Å². The Morgan fingerprint density at radius 2 is 2.37 bits per heavy atom. The molecule has 1 saturated heterocycles. The fraction of sp³-hybridized carbons (Fsp3) is 0.250. The van der Waals surface area contributed by atoms with Gasteiger partial charge < -0.3 is 15.6 Å². The molecule has 0 unspecified atom stereocenters. The van der Waals surface area contributed by atoms with Gasteiger partial charge in [-0.1, -0.05) is 36.1 Å². The first-order valence-corrected chi connectivity index (χ1v) is 7.26. The van der Waals surface area contributed by atoms with E-state index in [0.29, 0.717) is 16.6 Å². The van der Waals surface area contributed by atoms with Crippen molar-refractivity contribution in [2.24, 2.45) is 0 Å². The van der Waals surface area contributed by atoms with Crippen molar-refractivity contribution in [3.8, 4) is 0 Å². The number of hydrogen-bond donors (Lipinski definition) is 3. The van der Waals surface area contributed by atoms with Crippen molar-refractivity contribution in [1.29, 1.82) is 0 Å². The average Bonchev–Trinajstić information content (AvgIpc) is 3.01. The molecule has 3 N–H and O–H groups in total. The summed E-state index contributed by atoms with van der Waals surface area (Å²) in [6, 6.07) is 7.55. The van der Waals surface area contributed by atoms with Crippen molar-refractivity contribution < 1.29 is 4.79 Å². The molecule has 1 aliphatic heterocycles. The van der Waals surface area contributed by atoms with Crippen molar-refractivity contribution in [2.75, 3.05) is 5.75 Å². The SMILES string of the molecule is O=C(NCc1nc2ccccc2[nH]1)[C@@H]1CSC(=S)N1. The summed E-state index contributed by atoms with van der Waals surface area (Å²) in [5.41, 5.74) is 1.88. The van der Waals surface area contributed by atoms with Gasteiger partial charge in [0, 0.05) is 5.75 Å². The first-order chi connectivity index (χ1) is 9.22. The van der Waals surface area contributed by atoms with Gasteiger partial charge in [-0.25, -0.2) is 4.98 Å². The van der Waals surface area contributed by atoms with Crippen LogP contribution in [0.1, 0.15) is 5.82 Å². The largest absolute Gasteiger partial charge is 0.359 e. The van der Waals surface area contributed by atoms with Gasteiger partial charge in [0.05, 0.1) is 17.6 Å². The van der Waals surface area contributed by atoms with Crippen molar-refractivity contribution in [3.05, 3.63) is 30.1 Å². The maximum atomic E-state index is 11.9. The zero-order chi connectivity index (χ0) is 13.2. The zero-order valence-corrected chi connectivity index (χ0v) is 11.6. The number of benzene rings is 1. The lowest BCUT2D eigenvalue weighted by molar-refractivity contribution is -0.122. The van der Waals surface area contributed by atoms with Gasteiger partial charge in [0.2, 0.25) is 5.91 Å². The normalized spacial score (nSPS) is 18.5. The van der Waals surface area contributed by atoms with Crippen LogP contribution in [-0.4, -0.2) is 32.0 Å². The Labute approximate surface area is 119 Å². The Morgan fingerprint density at radius 1 is 1.53 bits per heavy atom. The summed E-state index contributed by atoms with van der Waals surface area (Å²) < 4.78 is 0.684. The van der Waals surface area contributed by atoms with E-state index >= 15 is 0 Å². The topological polar surface area (TPSA) is 69.8 Å². The molecule has 0 saturated carbocycles. The Balaban J connectivity index is 1.62. The number of amides is 1. The van der Waals surface area contributed by atoms with Crippen molar-refractivity contribution in [1.82, 2.24) is 20.6 Å². The maximum absolute atomic E-state index is 11.9. The molecule has 19 heavy (non-hydrogen) atoms. The number of carbonyl (C=O) groups excluding carboxylic acids is 1. The highest BCUT2D eigenvalue weighted by Crippen LogP contribution is 2.14. The predicted octanol–water partition coefficient (Wildman–Crippen LogP) is 1.17. The van der Waals surface area contributed by atoms with E-state index in [-0.39, 0.29) is 11.9 Å². The van der Waals surface area contributed by atoms with Crippen LogP contribution in [0.25, 0.3) is 11.0 Å². The standard InChI is InChI=1S/C12H12N4OS2/c17-11(9-6-19-12(18)16-9)13-5-10-14-7-3-1-2-4-8(7)15-10/h1-4,9H,5-6H2,(H,13,17)(H,14,15)(H,16,18)/t9-/m0/s1. The highest BCUT2D eigenvalue weighted by atomic mass is 32.2. The lowest BCUT2D eigenvalue weighted by Crippen LogP contribution is -2.42. The van der Waals surface area contributed by atoms with Crippen LogP contribution >= 0.6 is 24.0 Å². The Morgan fingerprint density at radius 3 is 3.11 bits per heavy atom. The molecule has 0 radical (unpaired) electrons. The van der Waals surface area contributed by atoms with Gasteiger partial charge in [-0.15, -0.1) is 0 Å². The molecular formula is C12H12N4OS2. The molecule has 0 bridgehead atoms. The fourth-order valence-electron chi connectivity index (χ4n) is 1.91. The minimum absolute atomic E-state index is 0.0483. The van der Waals surface area contributed by atoms with E-state index in [2.05, 4.69) is 20.6 Å². The smallest absolute Gasteiger partial charge is 0.243 e. The molecule has 0 spiro atoms. The summed E-state index contributed by atoms with van der Waals surface area (Å²) in [5.74, 6) is 1.39. The molecule has 1 aliphatic rings. The minimum atomic E-state index is -0.234. The Kier molecular flexibility index (Phi) is 3.39. The number of imidazole rings is 1. The molecular weight excluding hydrogens is 280 g/mol. The Hall–Kier alpha value is -1.60. The van der Waals surface area contributed by atoms with Gasteiger partial charge in [0.15, 0.2) is 0 Å². The van der Waals surface area contributed by atoms with E-state index in [9.17, 15) is 4.79 Å². The monoisotopic (exact) mass is 292 g/mol. The number of nitrogens with one attached hydrogen (secondary N) is 3. The molecule has 5 nitrogen and oxygen atoms in total. The second kappa shape index (κ2) is 5.18. The number of aromatic nitrogens is 2. The summed E-state index contributed by atoms with van der Waals surface area (Å²) in [6.45, 7) is 0.392. The molecule has 1 atom stereocenters. The molecule has 1 fully saturated rings. The summed E-state index contributed by atoms with van der Waals surface area (Å²) in [6.07, 6.45) is 0. The number of rotatable bonds is 3. The summed E-state index contributed by atoms with van der Waals surface area (Å²) >= 11 is 6.49. The summed E-state index contributed by atoms with van der Waals surface area (Å²) in [5, 5.41) is 5.82. The van der Waals surface area contributed by atoms with Crippen LogP contribution in [0.2, 0.25) is 0 Å². The predicted molar refractivity (Wildman–Crippen MR) is 79.9 cm³/mol. The molecule has 0 aliphatic carbocycles. The van der Waals surface area contributed by atoms with E-state index in [0.717, 1.165) is 16.9 Å². The number of nitrogens with zero attached hydrogens (tertiary/aromatic N) is 1.